The van der Waals surface area contributed by atoms with E-state index in [4.69, 9.17) is 11.6 Å². The van der Waals surface area contributed by atoms with Crippen molar-refractivity contribution in [2.24, 2.45) is 13.0 Å². The fourth-order valence-corrected chi connectivity index (χ4v) is 4.32. The number of hydrogen-bond donors (Lipinski definition) is 1. The molecule has 1 fully saturated rings. The lowest BCUT2D eigenvalue weighted by molar-refractivity contribution is -0.0898. The van der Waals surface area contributed by atoms with Crippen LogP contribution in [0.25, 0.3) is 11.1 Å². The van der Waals surface area contributed by atoms with Crippen LogP contribution in [-0.2, 0) is 7.05 Å². The lowest BCUT2D eigenvalue weighted by Gasteiger charge is -2.43. The molecule has 174 valence electrons. The number of amides is 1. The molecule has 33 heavy (non-hydrogen) atoms. The molecule has 0 aliphatic carbocycles. The van der Waals surface area contributed by atoms with Gasteiger partial charge in [-0.05, 0) is 30.5 Å². The number of aromatic nitrogens is 4. The Morgan fingerprint density at radius 1 is 1.24 bits per heavy atom. The molecule has 3 heterocycles. The highest BCUT2D eigenvalue weighted by atomic mass is 35.5. The topological polar surface area (TPSA) is 75.9 Å². The minimum Gasteiger partial charge on any atom is -0.367 e. The van der Waals surface area contributed by atoms with Crippen LogP contribution >= 0.6 is 11.6 Å². The molecule has 0 bridgehead atoms. The second kappa shape index (κ2) is 9.05. The van der Waals surface area contributed by atoms with Crippen molar-refractivity contribution in [3.05, 3.63) is 59.3 Å². The number of piperidine rings is 1. The highest BCUT2D eigenvalue weighted by Gasteiger charge is 2.46. The number of aryl methyl sites for hydroxylation is 2. The van der Waals surface area contributed by atoms with E-state index in [0.717, 1.165) is 11.3 Å². The summed E-state index contributed by atoms with van der Waals surface area (Å²) in [6.07, 6.45) is 4.61. The predicted molar refractivity (Wildman–Crippen MR) is 122 cm³/mol. The Kier molecular flexibility index (Phi) is 6.34. The van der Waals surface area contributed by atoms with E-state index < -0.39 is 30.3 Å². The van der Waals surface area contributed by atoms with Crippen LogP contribution in [0.15, 0.2) is 42.9 Å². The van der Waals surface area contributed by atoms with Gasteiger partial charge in [0.2, 0.25) is 0 Å². The summed E-state index contributed by atoms with van der Waals surface area (Å²) in [5.41, 5.74) is 2.20. The quantitative estimate of drug-likeness (QED) is 0.591. The number of rotatable bonds is 5. The van der Waals surface area contributed by atoms with Crippen molar-refractivity contribution < 1.29 is 13.6 Å². The number of likely N-dealkylation sites (tertiary alicyclic amines) is 1. The van der Waals surface area contributed by atoms with Crippen molar-refractivity contribution in [1.82, 2.24) is 24.6 Å². The van der Waals surface area contributed by atoms with Crippen molar-refractivity contribution in [3.63, 3.8) is 0 Å². The number of nitrogens with one attached hydrogen (secondary N) is 1. The van der Waals surface area contributed by atoms with Gasteiger partial charge in [0.15, 0.2) is 5.69 Å². The zero-order valence-corrected chi connectivity index (χ0v) is 19.4. The summed E-state index contributed by atoms with van der Waals surface area (Å²) in [7, 11) is 1.69. The number of anilines is 1. The number of carbonyl (C=O) groups is 1. The zero-order valence-electron chi connectivity index (χ0n) is 18.6. The molecule has 1 N–H and O–H groups in total. The van der Waals surface area contributed by atoms with E-state index in [0.29, 0.717) is 16.4 Å². The number of halogens is 3. The van der Waals surface area contributed by atoms with Gasteiger partial charge in [-0.1, -0.05) is 30.7 Å². The van der Waals surface area contributed by atoms with Gasteiger partial charge in [-0.2, -0.15) is 5.10 Å². The zero-order chi connectivity index (χ0) is 23.8. The monoisotopic (exact) mass is 474 g/mol. The Hall–Kier alpha value is -3.07. The van der Waals surface area contributed by atoms with E-state index in [-0.39, 0.29) is 18.7 Å². The normalized spacial score (nSPS) is 20.0. The Morgan fingerprint density at radius 3 is 2.64 bits per heavy atom. The van der Waals surface area contributed by atoms with Crippen LogP contribution < -0.4 is 5.32 Å². The van der Waals surface area contributed by atoms with Gasteiger partial charge in [-0.25, -0.2) is 13.8 Å². The molecule has 1 amide bonds. The SMILES string of the molecule is Cc1cnc(NC[C@@H]2[C@H](C)CC(F)(F)CN2C(=O)c2nn(C)cc2-c2ccc(Cl)cc2)cn1. The molecule has 0 spiro atoms. The van der Waals surface area contributed by atoms with Crippen LogP contribution in [0.5, 0.6) is 0 Å². The molecule has 0 unspecified atom stereocenters. The number of alkyl halides is 2. The van der Waals surface area contributed by atoms with Crippen LogP contribution in [0.2, 0.25) is 5.02 Å². The van der Waals surface area contributed by atoms with Gasteiger partial charge >= 0.3 is 0 Å². The molecule has 0 radical (unpaired) electrons. The molecular weight excluding hydrogens is 450 g/mol. The second-order valence-electron chi connectivity index (χ2n) is 8.53. The van der Waals surface area contributed by atoms with Gasteiger partial charge in [0.25, 0.3) is 11.8 Å². The number of hydrogen-bond acceptors (Lipinski definition) is 5. The van der Waals surface area contributed by atoms with Crippen LogP contribution in [0.1, 0.15) is 29.5 Å². The van der Waals surface area contributed by atoms with E-state index in [9.17, 15) is 13.6 Å². The van der Waals surface area contributed by atoms with Gasteiger partial charge < -0.3 is 10.2 Å². The first-order valence-electron chi connectivity index (χ1n) is 10.6. The second-order valence-corrected chi connectivity index (χ2v) is 8.97. The van der Waals surface area contributed by atoms with E-state index >= 15 is 0 Å². The maximum absolute atomic E-state index is 14.6. The van der Waals surface area contributed by atoms with Gasteiger partial charge in [0, 0.05) is 36.8 Å². The standard InChI is InChI=1S/C23H25ClF2N6O/c1-14-8-23(25,26)13-32(19(14)10-29-20-11-27-15(2)9-28-20)22(33)21-18(12-31(3)30-21)16-4-6-17(24)7-5-16/h4-7,9,11-12,14,19H,8,10,13H2,1-3H3,(H,28,29)/t14-,19-/m1/s1. The lowest BCUT2D eigenvalue weighted by Crippen LogP contribution is -2.57. The fourth-order valence-electron chi connectivity index (χ4n) is 4.20. The molecular formula is C23H25ClF2N6O. The van der Waals surface area contributed by atoms with Gasteiger partial charge in [-0.15, -0.1) is 0 Å². The van der Waals surface area contributed by atoms with E-state index in [1.165, 1.54) is 9.58 Å². The molecule has 1 aliphatic rings. The maximum atomic E-state index is 14.6. The van der Waals surface area contributed by atoms with Crippen LogP contribution in [0, 0.1) is 12.8 Å². The molecule has 4 rings (SSSR count). The number of carbonyl (C=O) groups excluding carboxylic acids is 1. The van der Waals surface area contributed by atoms with E-state index in [1.54, 1.807) is 56.8 Å². The Labute approximate surface area is 195 Å². The van der Waals surface area contributed by atoms with E-state index in [2.05, 4.69) is 20.4 Å². The van der Waals surface area contributed by atoms with E-state index in [1.807, 2.05) is 6.92 Å². The van der Waals surface area contributed by atoms with Crippen molar-refractivity contribution in [3.8, 4) is 11.1 Å². The summed E-state index contributed by atoms with van der Waals surface area (Å²) in [5.74, 6) is -3.43. The van der Waals surface area contributed by atoms with Crippen LogP contribution in [0.4, 0.5) is 14.6 Å². The highest BCUT2D eigenvalue weighted by molar-refractivity contribution is 6.30. The third-order valence-corrected chi connectivity index (χ3v) is 6.05. The average molecular weight is 475 g/mol. The van der Waals surface area contributed by atoms with Crippen molar-refractivity contribution in [2.75, 3.05) is 18.4 Å². The molecule has 0 saturated carbocycles. The van der Waals surface area contributed by atoms with Crippen LogP contribution in [0.3, 0.4) is 0 Å². The summed E-state index contributed by atoms with van der Waals surface area (Å²) >= 11 is 5.99. The third kappa shape index (κ3) is 5.13. The minimum atomic E-state index is -2.98. The molecule has 2 aromatic heterocycles. The Bertz CT molecular complexity index is 1130. The van der Waals surface area contributed by atoms with Crippen molar-refractivity contribution in [2.45, 2.75) is 32.2 Å². The summed E-state index contributed by atoms with van der Waals surface area (Å²) in [4.78, 5) is 23.3. The summed E-state index contributed by atoms with van der Waals surface area (Å²) < 4.78 is 30.6. The summed E-state index contributed by atoms with van der Waals surface area (Å²) in [5, 5.41) is 8.03. The molecule has 10 heteroatoms. The highest BCUT2D eigenvalue weighted by Crippen LogP contribution is 2.36. The Morgan fingerprint density at radius 2 is 1.97 bits per heavy atom. The smallest absolute Gasteiger partial charge is 0.275 e. The lowest BCUT2D eigenvalue weighted by atomic mass is 9.88. The number of nitrogens with zero attached hydrogens (tertiary/aromatic N) is 5. The molecule has 1 saturated heterocycles. The first kappa shape index (κ1) is 23.1. The van der Waals surface area contributed by atoms with Gasteiger partial charge in [-0.3, -0.25) is 14.5 Å². The third-order valence-electron chi connectivity index (χ3n) is 5.80. The molecule has 3 aromatic rings. The van der Waals surface area contributed by atoms with Gasteiger partial charge in [0.05, 0.1) is 30.7 Å². The molecule has 7 nitrogen and oxygen atoms in total. The molecule has 2 atom stereocenters. The predicted octanol–water partition coefficient (Wildman–Crippen LogP) is 4.44. The first-order chi connectivity index (χ1) is 15.6. The molecule has 1 aromatic carbocycles. The largest absolute Gasteiger partial charge is 0.367 e. The molecule has 1 aliphatic heterocycles. The average Bonchev–Trinajstić information content (AvgIpc) is 3.15. The number of benzene rings is 1. The summed E-state index contributed by atoms with van der Waals surface area (Å²) in [6, 6.07) is 6.51. The minimum absolute atomic E-state index is 0.129. The Balaban J connectivity index is 1.64. The van der Waals surface area contributed by atoms with Gasteiger partial charge in [0.1, 0.15) is 5.82 Å². The van der Waals surface area contributed by atoms with Crippen molar-refractivity contribution >= 4 is 23.3 Å². The fraction of sp³-hybridized carbons (Fsp3) is 0.391. The summed E-state index contributed by atoms with van der Waals surface area (Å²) in [6.45, 7) is 3.16. The van der Waals surface area contributed by atoms with Crippen LogP contribution in [-0.4, -0.2) is 55.6 Å². The first-order valence-corrected chi connectivity index (χ1v) is 11.0. The maximum Gasteiger partial charge on any atom is 0.275 e. The van der Waals surface area contributed by atoms with Crippen molar-refractivity contribution in [1.29, 1.82) is 0 Å².